The average molecular weight is 505 g/mol. The van der Waals surface area contributed by atoms with Crippen LogP contribution in [0.2, 0.25) is 0 Å². The first-order valence-electron chi connectivity index (χ1n) is 8.53. The number of fused-ring (bicyclic) bond motifs is 1. The standard InChI is InChI=1S/C21H20IN3O2S/c1-4-6-7-15(5-2)27-19-9-8-14(23)12-17(19)18-13-24(3)21(26)20-16(18)10-11-25(20)28-22/h4-13H,1,23H2,2-3H3/b7-6-,15-5+. The van der Waals surface area contributed by atoms with Gasteiger partial charge >= 0.3 is 0 Å². The quantitative estimate of drug-likeness (QED) is 0.209. The minimum Gasteiger partial charge on any atom is -0.457 e. The van der Waals surface area contributed by atoms with Gasteiger partial charge in [0.1, 0.15) is 17.0 Å². The third kappa shape index (κ3) is 3.90. The fourth-order valence-corrected chi connectivity index (χ4v) is 4.27. The maximum absolute atomic E-state index is 12.7. The smallest absolute Gasteiger partial charge is 0.275 e. The second-order valence-corrected chi connectivity index (χ2v) is 7.79. The Morgan fingerprint density at radius 3 is 2.79 bits per heavy atom. The molecule has 0 radical (unpaired) electrons. The van der Waals surface area contributed by atoms with Crippen molar-refractivity contribution < 1.29 is 4.74 Å². The molecule has 1 aromatic carbocycles. The van der Waals surface area contributed by atoms with E-state index in [4.69, 9.17) is 10.5 Å². The summed E-state index contributed by atoms with van der Waals surface area (Å²) >= 11 is 2.16. The van der Waals surface area contributed by atoms with Crippen LogP contribution < -0.4 is 16.0 Å². The van der Waals surface area contributed by atoms with Gasteiger partial charge in [0.05, 0.1) is 0 Å². The summed E-state index contributed by atoms with van der Waals surface area (Å²) in [7, 11) is 3.20. The molecule has 2 heterocycles. The number of hydrogen-bond acceptors (Lipinski definition) is 4. The third-order valence-corrected chi connectivity index (χ3v) is 5.99. The molecule has 0 aliphatic rings. The Balaban J connectivity index is 2.25. The van der Waals surface area contributed by atoms with Crippen LogP contribution in [-0.4, -0.2) is 8.54 Å². The van der Waals surface area contributed by atoms with E-state index in [-0.39, 0.29) is 5.56 Å². The molecule has 0 aliphatic heterocycles. The molecule has 0 fully saturated rings. The molecule has 7 heteroatoms. The Morgan fingerprint density at radius 2 is 2.11 bits per heavy atom. The molecule has 28 heavy (non-hydrogen) atoms. The van der Waals surface area contributed by atoms with Gasteiger partial charge in [-0.05, 0) is 43.3 Å². The predicted octanol–water partition coefficient (Wildman–Crippen LogP) is 5.46. The van der Waals surface area contributed by atoms with Crippen molar-refractivity contribution in [1.82, 2.24) is 8.54 Å². The fraction of sp³-hybridized carbons (Fsp3) is 0.0952. The number of halogens is 1. The van der Waals surface area contributed by atoms with E-state index in [9.17, 15) is 4.79 Å². The second-order valence-electron chi connectivity index (χ2n) is 6.08. The number of allylic oxidation sites excluding steroid dienone is 4. The highest BCUT2D eigenvalue weighted by Crippen LogP contribution is 2.37. The molecular formula is C21H20IN3O2S. The van der Waals surface area contributed by atoms with E-state index in [0.29, 0.717) is 22.7 Å². The number of aryl methyl sites for hydroxylation is 1. The van der Waals surface area contributed by atoms with Gasteiger partial charge in [-0.25, -0.2) is 0 Å². The van der Waals surface area contributed by atoms with Crippen LogP contribution in [0.1, 0.15) is 6.92 Å². The molecule has 3 rings (SSSR count). The number of hydrogen-bond donors (Lipinski definition) is 1. The molecular weight excluding hydrogens is 485 g/mol. The van der Waals surface area contributed by atoms with Gasteiger partial charge in [-0.1, -0.05) is 18.7 Å². The molecule has 0 saturated carbocycles. The molecule has 0 bridgehead atoms. The molecule has 0 aliphatic carbocycles. The van der Waals surface area contributed by atoms with Crippen LogP contribution in [0, 0.1) is 0 Å². The fourth-order valence-electron chi connectivity index (χ4n) is 2.93. The average Bonchev–Trinajstić information content (AvgIpc) is 3.13. The normalized spacial score (nSPS) is 12.0. The van der Waals surface area contributed by atoms with Crippen LogP contribution in [0.5, 0.6) is 5.75 Å². The molecule has 0 amide bonds. The highest BCUT2D eigenvalue weighted by atomic mass is 127. The van der Waals surface area contributed by atoms with Crippen molar-refractivity contribution in [3.8, 4) is 16.9 Å². The highest BCUT2D eigenvalue weighted by Gasteiger charge is 2.17. The van der Waals surface area contributed by atoms with E-state index in [1.807, 2.05) is 59.7 Å². The van der Waals surface area contributed by atoms with E-state index in [1.165, 1.54) is 9.12 Å². The van der Waals surface area contributed by atoms with Gasteiger partial charge in [0.2, 0.25) is 0 Å². The van der Waals surface area contributed by atoms with Gasteiger partial charge in [-0.15, -0.1) is 0 Å². The first-order valence-corrected chi connectivity index (χ1v) is 11.8. The van der Waals surface area contributed by atoms with Crippen molar-refractivity contribution >= 4 is 46.9 Å². The summed E-state index contributed by atoms with van der Waals surface area (Å²) in [5.41, 5.74) is 8.98. The topological polar surface area (TPSA) is 62.2 Å². The number of nitrogens with two attached hydrogens (primary N) is 1. The summed E-state index contributed by atoms with van der Waals surface area (Å²) in [6.07, 6.45) is 10.9. The van der Waals surface area contributed by atoms with Crippen LogP contribution in [0.25, 0.3) is 22.0 Å². The van der Waals surface area contributed by atoms with Crippen molar-refractivity contribution in [2.24, 2.45) is 7.05 Å². The van der Waals surface area contributed by atoms with Crippen molar-refractivity contribution in [1.29, 1.82) is 0 Å². The third-order valence-electron chi connectivity index (χ3n) is 4.26. The zero-order valence-corrected chi connectivity index (χ0v) is 18.5. The first-order chi connectivity index (χ1) is 13.5. The Kier molecular flexibility index (Phi) is 6.35. The Hall–Kier alpha value is -2.39. The maximum Gasteiger partial charge on any atom is 0.275 e. The molecule has 0 saturated heterocycles. The van der Waals surface area contributed by atoms with Gasteiger partial charge in [-0.3, -0.25) is 8.77 Å². The summed E-state index contributed by atoms with van der Waals surface area (Å²) < 4.78 is 9.57. The van der Waals surface area contributed by atoms with Crippen molar-refractivity contribution in [3.63, 3.8) is 0 Å². The summed E-state index contributed by atoms with van der Waals surface area (Å²) in [6, 6.07) is 7.46. The van der Waals surface area contributed by atoms with E-state index in [0.717, 1.165) is 16.5 Å². The van der Waals surface area contributed by atoms with E-state index in [2.05, 4.69) is 27.8 Å². The minimum absolute atomic E-state index is 0.0534. The number of nitrogen functional groups attached to an aromatic ring is 1. The van der Waals surface area contributed by atoms with Crippen LogP contribution in [0.4, 0.5) is 5.69 Å². The second kappa shape index (κ2) is 8.74. The number of nitrogens with zero attached hydrogens (tertiary/aromatic N) is 2. The molecule has 144 valence electrons. The van der Waals surface area contributed by atoms with Crippen molar-refractivity contribution in [2.45, 2.75) is 6.92 Å². The minimum atomic E-state index is -0.0534. The zero-order valence-electron chi connectivity index (χ0n) is 15.6. The monoisotopic (exact) mass is 505 g/mol. The number of aromatic nitrogens is 2. The molecule has 5 nitrogen and oxygen atoms in total. The van der Waals surface area contributed by atoms with Crippen LogP contribution in [-0.2, 0) is 7.05 Å². The Morgan fingerprint density at radius 1 is 1.32 bits per heavy atom. The van der Waals surface area contributed by atoms with Crippen molar-refractivity contribution in [2.75, 3.05) is 5.73 Å². The van der Waals surface area contributed by atoms with E-state index in [1.54, 1.807) is 23.8 Å². The number of pyridine rings is 1. The summed E-state index contributed by atoms with van der Waals surface area (Å²) in [5, 5.41) is 0.853. The highest BCUT2D eigenvalue weighted by molar-refractivity contribution is 14.2. The molecule has 2 N–H and O–H groups in total. The van der Waals surface area contributed by atoms with Gasteiger partial charge in [0.15, 0.2) is 0 Å². The maximum atomic E-state index is 12.7. The number of benzene rings is 1. The lowest BCUT2D eigenvalue weighted by Gasteiger charge is -2.15. The first kappa shape index (κ1) is 20.3. The van der Waals surface area contributed by atoms with E-state index < -0.39 is 0 Å². The summed E-state index contributed by atoms with van der Waals surface area (Å²) in [6.45, 7) is 5.59. The number of anilines is 1. The number of ether oxygens (including phenoxy) is 1. The van der Waals surface area contributed by atoms with Crippen molar-refractivity contribution in [3.05, 3.63) is 83.7 Å². The van der Waals surface area contributed by atoms with Gasteiger partial charge in [-0.2, -0.15) is 0 Å². The predicted molar refractivity (Wildman–Crippen MR) is 128 cm³/mol. The SMILES string of the molecule is C=C/C=C\C(=C/C)Oc1ccc(N)cc1-c1cn(C)c(=O)c2c1ccn2SI. The van der Waals surface area contributed by atoms with Crippen LogP contribution in [0.3, 0.4) is 0 Å². The van der Waals surface area contributed by atoms with Crippen LogP contribution in [0.15, 0.2) is 78.1 Å². The molecule has 0 atom stereocenters. The summed E-state index contributed by atoms with van der Waals surface area (Å²) in [4.78, 5) is 12.7. The lowest BCUT2D eigenvalue weighted by molar-refractivity contribution is 0.445. The van der Waals surface area contributed by atoms with Gasteiger partial charge in [0, 0.05) is 72.0 Å². The molecule has 0 spiro atoms. The lowest BCUT2D eigenvalue weighted by atomic mass is 10.0. The lowest BCUT2D eigenvalue weighted by Crippen LogP contribution is -2.18. The molecule has 2 aromatic heterocycles. The molecule has 3 aromatic rings. The van der Waals surface area contributed by atoms with Gasteiger partial charge < -0.3 is 15.0 Å². The Labute approximate surface area is 179 Å². The zero-order chi connectivity index (χ0) is 20.3. The Bertz CT molecular complexity index is 1160. The van der Waals surface area contributed by atoms with Crippen LogP contribution >= 0.6 is 30.3 Å². The van der Waals surface area contributed by atoms with E-state index >= 15 is 0 Å². The molecule has 0 unspecified atom stereocenters. The number of rotatable bonds is 6. The van der Waals surface area contributed by atoms with Gasteiger partial charge in [0.25, 0.3) is 5.56 Å². The largest absolute Gasteiger partial charge is 0.457 e. The summed E-state index contributed by atoms with van der Waals surface area (Å²) in [5.74, 6) is 1.35.